The van der Waals surface area contributed by atoms with Crippen LogP contribution in [0.5, 0.6) is 0 Å². The van der Waals surface area contributed by atoms with E-state index in [2.05, 4.69) is 16.5 Å². The lowest BCUT2D eigenvalue weighted by molar-refractivity contribution is 0.211. The molecule has 0 saturated carbocycles. The van der Waals surface area contributed by atoms with Crippen LogP contribution in [0.1, 0.15) is 38.4 Å². The van der Waals surface area contributed by atoms with Crippen molar-refractivity contribution in [3.63, 3.8) is 0 Å². The maximum absolute atomic E-state index is 9.71. The summed E-state index contributed by atoms with van der Waals surface area (Å²) in [5.41, 5.74) is 1.20. The van der Waals surface area contributed by atoms with E-state index < -0.39 is 0 Å². The molecule has 15 heavy (non-hydrogen) atoms. The number of aromatic nitrogens is 2. The van der Waals surface area contributed by atoms with Gasteiger partial charge in [0.15, 0.2) is 0 Å². The van der Waals surface area contributed by atoms with E-state index in [0.717, 1.165) is 38.1 Å². The molecule has 0 fully saturated rings. The third kappa shape index (κ3) is 2.29. The normalized spacial score (nSPS) is 22.3. The molecule has 0 spiro atoms. The molecule has 1 aromatic heterocycles. The van der Waals surface area contributed by atoms with Crippen molar-refractivity contribution in [2.24, 2.45) is 0 Å². The molecule has 0 amide bonds. The van der Waals surface area contributed by atoms with Crippen LogP contribution in [0.15, 0.2) is 18.5 Å². The molecular formula is C12H18N2O. The van der Waals surface area contributed by atoms with E-state index in [1.807, 2.05) is 18.5 Å². The van der Waals surface area contributed by atoms with Crippen LogP contribution in [0.25, 0.3) is 5.57 Å². The minimum Gasteiger partial charge on any atom is -0.389 e. The molecule has 0 bridgehead atoms. The molecule has 2 rings (SSSR count). The second-order valence-electron chi connectivity index (χ2n) is 4.04. The van der Waals surface area contributed by atoms with E-state index in [4.69, 9.17) is 0 Å². The Kier molecular flexibility index (Phi) is 3.21. The van der Waals surface area contributed by atoms with Crippen LogP contribution in [0, 0.1) is 0 Å². The zero-order chi connectivity index (χ0) is 10.7. The first-order valence-electron chi connectivity index (χ1n) is 5.71. The van der Waals surface area contributed by atoms with Crippen molar-refractivity contribution < 1.29 is 5.11 Å². The first-order valence-corrected chi connectivity index (χ1v) is 5.71. The Morgan fingerprint density at radius 1 is 1.53 bits per heavy atom. The topological polar surface area (TPSA) is 38.0 Å². The first-order chi connectivity index (χ1) is 7.31. The molecule has 0 aliphatic heterocycles. The summed E-state index contributed by atoms with van der Waals surface area (Å²) in [5.74, 6) is 1.03. The number of allylic oxidation sites excluding steroid dienone is 1. The van der Waals surface area contributed by atoms with Gasteiger partial charge in [0.25, 0.3) is 0 Å². The van der Waals surface area contributed by atoms with Crippen molar-refractivity contribution in [1.29, 1.82) is 0 Å². The molecule has 0 saturated heterocycles. The van der Waals surface area contributed by atoms with Gasteiger partial charge in [0.1, 0.15) is 5.82 Å². The molecule has 1 unspecified atom stereocenters. The van der Waals surface area contributed by atoms with Gasteiger partial charge in [-0.05, 0) is 37.8 Å². The quantitative estimate of drug-likeness (QED) is 0.805. The van der Waals surface area contributed by atoms with Crippen molar-refractivity contribution >= 4 is 5.57 Å². The van der Waals surface area contributed by atoms with Crippen LogP contribution in [-0.4, -0.2) is 20.8 Å². The molecule has 1 aliphatic rings. The van der Waals surface area contributed by atoms with E-state index in [-0.39, 0.29) is 6.10 Å². The number of hydrogen-bond acceptors (Lipinski definition) is 2. The fourth-order valence-electron chi connectivity index (χ4n) is 2.11. The zero-order valence-corrected chi connectivity index (χ0v) is 9.19. The number of nitrogens with zero attached hydrogens (tertiary/aromatic N) is 2. The van der Waals surface area contributed by atoms with Crippen LogP contribution < -0.4 is 0 Å². The minimum absolute atomic E-state index is 0.287. The lowest BCUT2D eigenvalue weighted by Gasteiger charge is -2.08. The molecule has 1 aliphatic carbocycles. The van der Waals surface area contributed by atoms with Gasteiger partial charge in [-0.2, -0.15) is 0 Å². The van der Waals surface area contributed by atoms with E-state index in [0.29, 0.717) is 0 Å². The number of aliphatic hydroxyl groups is 1. The molecule has 3 nitrogen and oxygen atoms in total. The predicted octanol–water partition coefficient (Wildman–Crippen LogP) is 2.22. The van der Waals surface area contributed by atoms with Crippen molar-refractivity contribution in [3.8, 4) is 0 Å². The molecule has 1 aromatic rings. The average molecular weight is 206 g/mol. The lowest BCUT2D eigenvalue weighted by atomic mass is 10.1. The predicted molar refractivity (Wildman–Crippen MR) is 60.4 cm³/mol. The van der Waals surface area contributed by atoms with Gasteiger partial charge in [-0.25, -0.2) is 4.98 Å². The van der Waals surface area contributed by atoms with Gasteiger partial charge in [-0.3, -0.25) is 0 Å². The summed E-state index contributed by atoms with van der Waals surface area (Å²) in [6, 6.07) is 0. The summed E-state index contributed by atoms with van der Waals surface area (Å²) >= 11 is 0. The van der Waals surface area contributed by atoms with Gasteiger partial charge >= 0.3 is 0 Å². The van der Waals surface area contributed by atoms with Crippen LogP contribution in [0.3, 0.4) is 0 Å². The number of aliphatic hydroxyl groups excluding tert-OH is 1. The third-order valence-electron chi connectivity index (χ3n) is 2.93. The van der Waals surface area contributed by atoms with Gasteiger partial charge < -0.3 is 9.67 Å². The minimum atomic E-state index is -0.287. The van der Waals surface area contributed by atoms with E-state index in [1.54, 1.807) is 0 Å². The summed E-state index contributed by atoms with van der Waals surface area (Å²) in [4.78, 5) is 4.37. The van der Waals surface area contributed by atoms with Crippen molar-refractivity contribution in [3.05, 3.63) is 24.3 Å². The van der Waals surface area contributed by atoms with Crippen LogP contribution in [0.4, 0.5) is 0 Å². The summed E-state index contributed by atoms with van der Waals surface area (Å²) in [6.07, 6.45) is 9.69. The molecule has 1 atom stereocenters. The molecular weight excluding hydrogens is 188 g/mol. The Bertz CT molecular complexity index is 354. The highest BCUT2D eigenvalue weighted by Crippen LogP contribution is 2.25. The Morgan fingerprint density at radius 2 is 2.40 bits per heavy atom. The van der Waals surface area contributed by atoms with Crippen LogP contribution in [-0.2, 0) is 6.54 Å². The molecule has 0 aromatic carbocycles. The second-order valence-corrected chi connectivity index (χ2v) is 4.04. The number of rotatable bonds is 2. The molecule has 0 radical (unpaired) electrons. The second kappa shape index (κ2) is 4.62. The summed E-state index contributed by atoms with van der Waals surface area (Å²) in [5, 5.41) is 9.71. The fourth-order valence-corrected chi connectivity index (χ4v) is 2.11. The fraction of sp³-hybridized carbons (Fsp3) is 0.583. The standard InChI is InChI=1S/C12H18N2O/c1-2-14-8-7-13-12(14)10-5-3-4-6-11(15)9-10/h7-9,11,15H,2-6H2,1H3. The highest BCUT2D eigenvalue weighted by molar-refractivity contribution is 5.61. The van der Waals surface area contributed by atoms with Crippen molar-refractivity contribution in [1.82, 2.24) is 9.55 Å². The van der Waals surface area contributed by atoms with Crippen LogP contribution in [0.2, 0.25) is 0 Å². The third-order valence-corrected chi connectivity index (χ3v) is 2.93. The van der Waals surface area contributed by atoms with Crippen LogP contribution >= 0.6 is 0 Å². The maximum atomic E-state index is 9.71. The molecule has 1 heterocycles. The first kappa shape index (κ1) is 10.4. The smallest absolute Gasteiger partial charge is 0.135 e. The van der Waals surface area contributed by atoms with E-state index >= 15 is 0 Å². The Balaban J connectivity index is 2.28. The van der Waals surface area contributed by atoms with Gasteiger partial charge in [0.2, 0.25) is 0 Å². The van der Waals surface area contributed by atoms with Gasteiger partial charge in [-0.15, -0.1) is 0 Å². The van der Waals surface area contributed by atoms with Crippen molar-refractivity contribution in [2.75, 3.05) is 0 Å². The lowest BCUT2D eigenvalue weighted by Crippen LogP contribution is -2.03. The zero-order valence-electron chi connectivity index (χ0n) is 9.19. The monoisotopic (exact) mass is 206 g/mol. The SMILES string of the molecule is CCn1ccnc1C1=CC(O)CCCC1. The Hall–Kier alpha value is -1.09. The number of aryl methyl sites for hydroxylation is 1. The van der Waals surface area contributed by atoms with Gasteiger partial charge in [0.05, 0.1) is 6.10 Å². The Labute approximate surface area is 90.5 Å². The highest BCUT2D eigenvalue weighted by Gasteiger charge is 2.13. The van der Waals surface area contributed by atoms with Gasteiger partial charge in [-0.1, -0.05) is 6.42 Å². The van der Waals surface area contributed by atoms with Gasteiger partial charge in [0, 0.05) is 18.9 Å². The average Bonchev–Trinajstić information content (AvgIpc) is 2.61. The maximum Gasteiger partial charge on any atom is 0.135 e. The molecule has 1 N–H and O–H groups in total. The Morgan fingerprint density at radius 3 is 3.20 bits per heavy atom. The number of imidazole rings is 1. The molecule has 82 valence electrons. The molecule has 3 heteroatoms. The largest absolute Gasteiger partial charge is 0.389 e. The highest BCUT2D eigenvalue weighted by atomic mass is 16.3. The summed E-state index contributed by atoms with van der Waals surface area (Å²) in [6.45, 7) is 3.04. The summed E-state index contributed by atoms with van der Waals surface area (Å²) < 4.78 is 2.13. The van der Waals surface area contributed by atoms with E-state index in [9.17, 15) is 5.11 Å². The summed E-state index contributed by atoms with van der Waals surface area (Å²) in [7, 11) is 0. The van der Waals surface area contributed by atoms with Crippen molar-refractivity contribution in [2.45, 2.75) is 45.3 Å². The number of hydrogen-bond donors (Lipinski definition) is 1. The van der Waals surface area contributed by atoms with E-state index in [1.165, 1.54) is 5.57 Å².